The second kappa shape index (κ2) is 5.31. The molecule has 2 atom stereocenters. The van der Waals surface area contributed by atoms with Crippen LogP contribution in [0.25, 0.3) is 0 Å². The van der Waals surface area contributed by atoms with Gasteiger partial charge in [-0.1, -0.05) is 30.3 Å². The summed E-state index contributed by atoms with van der Waals surface area (Å²) < 4.78 is 0. The number of carbonyl (C=O) groups excluding carboxylic acids is 1. The lowest BCUT2D eigenvalue weighted by atomic mass is 9.84. The molecule has 2 bridgehead atoms. The summed E-state index contributed by atoms with van der Waals surface area (Å²) >= 11 is 0. The first-order valence-electron chi connectivity index (χ1n) is 7.07. The van der Waals surface area contributed by atoms with Crippen LogP contribution in [0.3, 0.4) is 0 Å². The number of benzene rings is 1. The van der Waals surface area contributed by atoms with E-state index in [1.165, 1.54) is 25.9 Å². The number of nitrogens with one attached hydrogen (secondary N) is 1. The Morgan fingerprint density at radius 2 is 1.95 bits per heavy atom. The van der Waals surface area contributed by atoms with Crippen LogP contribution in [0.1, 0.15) is 24.4 Å². The zero-order chi connectivity index (χ0) is 13.2. The van der Waals surface area contributed by atoms with Gasteiger partial charge in [-0.3, -0.25) is 4.79 Å². The van der Waals surface area contributed by atoms with E-state index in [0.29, 0.717) is 5.92 Å². The molecule has 0 aliphatic carbocycles. The molecule has 4 nitrogen and oxygen atoms in total. The lowest BCUT2D eigenvalue weighted by Gasteiger charge is -2.45. The number of nitrogens with two attached hydrogens (primary N) is 1. The van der Waals surface area contributed by atoms with Gasteiger partial charge in [-0.05, 0) is 37.4 Å². The molecule has 0 spiro atoms. The first-order chi connectivity index (χ1) is 9.24. The van der Waals surface area contributed by atoms with Gasteiger partial charge in [0.05, 0.1) is 0 Å². The van der Waals surface area contributed by atoms with Gasteiger partial charge in [0.2, 0.25) is 5.91 Å². The first kappa shape index (κ1) is 12.6. The molecule has 4 heteroatoms. The second-order valence-corrected chi connectivity index (χ2v) is 5.64. The van der Waals surface area contributed by atoms with E-state index in [4.69, 9.17) is 5.73 Å². The van der Waals surface area contributed by atoms with E-state index in [1.54, 1.807) is 0 Å². The molecule has 4 rings (SSSR count). The molecule has 102 valence electrons. The van der Waals surface area contributed by atoms with Crippen LogP contribution in [0, 0.1) is 5.92 Å². The standard InChI is InChI=1S/C15H21N3O/c16-14(12-4-2-1-3-5-12)15(19)17-13-10-18-8-6-11(13)7-9-18/h1-5,11,13-14H,6-10,16H2,(H,17,19)/t13?,14-/m1/s1. The molecule has 19 heavy (non-hydrogen) atoms. The van der Waals surface area contributed by atoms with Gasteiger partial charge >= 0.3 is 0 Å². The van der Waals surface area contributed by atoms with E-state index in [9.17, 15) is 4.79 Å². The van der Waals surface area contributed by atoms with Crippen LogP contribution < -0.4 is 11.1 Å². The summed E-state index contributed by atoms with van der Waals surface area (Å²) in [5.74, 6) is 0.585. The van der Waals surface area contributed by atoms with E-state index in [1.807, 2.05) is 30.3 Å². The molecule has 1 amide bonds. The lowest BCUT2D eigenvalue weighted by molar-refractivity contribution is -0.124. The number of amides is 1. The second-order valence-electron chi connectivity index (χ2n) is 5.64. The van der Waals surface area contributed by atoms with Gasteiger partial charge < -0.3 is 16.0 Å². The Balaban J connectivity index is 1.62. The summed E-state index contributed by atoms with van der Waals surface area (Å²) in [5.41, 5.74) is 6.90. The van der Waals surface area contributed by atoms with Crippen LogP contribution >= 0.6 is 0 Å². The average Bonchev–Trinajstić information content (AvgIpc) is 2.48. The normalized spacial score (nSPS) is 30.9. The maximum absolute atomic E-state index is 12.2. The van der Waals surface area contributed by atoms with Crippen molar-refractivity contribution in [3.63, 3.8) is 0 Å². The van der Waals surface area contributed by atoms with Gasteiger partial charge in [-0.15, -0.1) is 0 Å². The molecule has 3 saturated heterocycles. The van der Waals surface area contributed by atoms with E-state index < -0.39 is 6.04 Å². The molecular weight excluding hydrogens is 238 g/mol. The van der Waals surface area contributed by atoms with E-state index in [0.717, 1.165) is 12.1 Å². The fourth-order valence-electron chi connectivity index (χ4n) is 3.21. The monoisotopic (exact) mass is 259 g/mol. The number of piperidine rings is 3. The molecule has 3 aliphatic rings. The van der Waals surface area contributed by atoms with Gasteiger partial charge in [0, 0.05) is 12.6 Å². The predicted octanol–water partition coefficient (Wildman–Crippen LogP) is 0.897. The van der Waals surface area contributed by atoms with Crippen LogP contribution in [-0.2, 0) is 4.79 Å². The number of hydrogen-bond acceptors (Lipinski definition) is 3. The zero-order valence-corrected chi connectivity index (χ0v) is 11.1. The molecule has 0 radical (unpaired) electrons. The highest BCUT2D eigenvalue weighted by Gasteiger charge is 2.35. The highest BCUT2D eigenvalue weighted by molar-refractivity contribution is 5.83. The van der Waals surface area contributed by atoms with Crippen molar-refractivity contribution in [1.29, 1.82) is 0 Å². The molecule has 3 N–H and O–H groups in total. The quantitative estimate of drug-likeness (QED) is 0.848. The van der Waals surface area contributed by atoms with E-state index >= 15 is 0 Å². The molecule has 3 aliphatic heterocycles. The van der Waals surface area contributed by atoms with Crippen molar-refractivity contribution in [2.45, 2.75) is 24.9 Å². The molecule has 0 aromatic heterocycles. The Hall–Kier alpha value is -1.39. The first-order valence-corrected chi connectivity index (χ1v) is 7.07. The Morgan fingerprint density at radius 3 is 2.53 bits per heavy atom. The SMILES string of the molecule is N[C@@H](C(=O)NC1CN2CCC1CC2)c1ccccc1. The van der Waals surface area contributed by atoms with Gasteiger partial charge in [0.1, 0.15) is 6.04 Å². The summed E-state index contributed by atoms with van der Waals surface area (Å²) in [6.07, 6.45) is 2.40. The van der Waals surface area contributed by atoms with E-state index in [2.05, 4.69) is 10.2 Å². The Morgan fingerprint density at radius 1 is 1.26 bits per heavy atom. The van der Waals surface area contributed by atoms with Gasteiger partial charge in [0.25, 0.3) is 0 Å². The lowest BCUT2D eigenvalue weighted by Crippen LogP contribution is -2.58. The van der Waals surface area contributed by atoms with Crippen LogP contribution in [0.2, 0.25) is 0 Å². The van der Waals surface area contributed by atoms with Crippen molar-refractivity contribution in [2.75, 3.05) is 19.6 Å². The van der Waals surface area contributed by atoms with Gasteiger partial charge in [-0.2, -0.15) is 0 Å². The topological polar surface area (TPSA) is 58.4 Å². The third-order valence-electron chi connectivity index (χ3n) is 4.42. The summed E-state index contributed by atoms with van der Waals surface area (Å²) in [4.78, 5) is 14.7. The zero-order valence-electron chi connectivity index (χ0n) is 11.1. The largest absolute Gasteiger partial charge is 0.350 e. The molecule has 1 aromatic rings. The molecule has 3 fully saturated rings. The van der Waals surface area contributed by atoms with E-state index in [-0.39, 0.29) is 11.9 Å². The summed E-state index contributed by atoms with van der Waals surface area (Å²) in [6.45, 7) is 3.35. The highest BCUT2D eigenvalue weighted by Crippen LogP contribution is 2.27. The Bertz CT molecular complexity index is 440. The number of nitrogens with zero attached hydrogens (tertiary/aromatic N) is 1. The summed E-state index contributed by atoms with van der Waals surface area (Å²) in [7, 11) is 0. The molecular formula is C15H21N3O. The summed E-state index contributed by atoms with van der Waals surface area (Å²) in [5, 5.41) is 3.14. The fourth-order valence-corrected chi connectivity index (χ4v) is 3.21. The maximum Gasteiger partial charge on any atom is 0.241 e. The van der Waals surface area contributed by atoms with Crippen molar-refractivity contribution >= 4 is 5.91 Å². The van der Waals surface area contributed by atoms with Crippen molar-refractivity contribution in [1.82, 2.24) is 10.2 Å². The Labute approximate surface area is 114 Å². The van der Waals surface area contributed by atoms with Gasteiger partial charge in [0.15, 0.2) is 0 Å². The maximum atomic E-state index is 12.2. The predicted molar refractivity (Wildman–Crippen MR) is 74.5 cm³/mol. The molecule has 0 saturated carbocycles. The minimum absolute atomic E-state index is 0.0510. The van der Waals surface area contributed by atoms with Crippen LogP contribution in [-0.4, -0.2) is 36.5 Å². The number of carbonyl (C=O) groups is 1. The van der Waals surface area contributed by atoms with Crippen LogP contribution in [0.4, 0.5) is 0 Å². The van der Waals surface area contributed by atoms with Crippen LogP contribution in [0.15, 0.2) is 30.3 Å². The average molecular weight is 259 g/mol. The van der Waals surface area contributed by atoms with Crippen molar-refractivity contribution in [3.05, 3.63) is 35.9 Å². The fraction of sp³-hybridized carbons (Fsp3) is 0.533. The number of rotatable bonds is 3. The van der Waals surface area contributed by atoms with Crippen molar-refractivity contribution in [2.24, 2.45) is 11.7 Å². The molecule has 1 unspecified atom stereocenters. The van der Waals surface area contributed by atoms with Crippen LogP contribution in [0.5, 0.6) is 0 Å². The minimum Gasteiger partial charge on any atom is -0.350 e. The minimum atomic E-state index is -0.559. The third kappa shape index (κ3) is 2.65. The Kier molecular flexibility index (Phi) is 3.53. The number of fused-ring (bicyclic) bond motifs is 3. The molecule has 3 heterocycles. The van der Waals surface area contributed by atoms with Gasteiger partial charge in [-0.25, -0.2) is 0 Å². The number of hydrogen-bond donors (Lipinski definition) is 2. The highest BCUT2D eigenvalue weighted by atomic mass is 16.2. The van der Waals surface area contributed by atoms with Crippen molar-refractivity contribution < 1.29 is 4.79 Å². The molecule has 1 aromatic carbocycles. The summed E-state index contributed by atoms with van der Waals surface area (Å²) in [6, 6.07) is 9.29. The van der Waals surface area contributed by atoms with Crippen molar-refractivity contribution in [3.8, 4) is 0 Å². The third-order valence-corrected chi connectivity index (χ3v) is 4.42. The smallest absolute Gasteiger partial charge is 0.241 e.